The molecule has 0 amide bonds. The number of hydrogen-bond acceptors (Lipinski definition) is 2. The predicted octanol–water partition coefficient (Wildman–Crippen LogP) is 2.30. The number of benzene rings is 1. The van der Waals surface area contributed by atoms with Crippen LogP contribution in [0.25, 0.3) is 4.98 Å². The van der Waals surface area contributed by atoms with Gasteiger partial charge in [-0.2, -0.15) is 0 Å². The fourth-order valence-corrected chi connectivity index (χ4v) is 0.519. The minimum Gasteiger partial charge on any atom is -0.508 e. The third-order valence-corrected chi connectivity index (χ3v) is 0.965. The number of nitrogens with zero attached hydrogens (tertiary/aromatic N) is 2. The van der Waals surface area contributed by atoms with Gasteiger partial charge in [0.2, 0.25) is 5.39 Å². The summed E-state index contributed by atoms with van der Waals surface area (Å²) < 4.78 is 0. The summed E-state index contributed by atoms with van der Waals surface area (Å²) in [5.74, 6) is 0.169. The molecule has 0 radical (unpaired) electrons. The van der Waals surface area contributed by atoms with E-state index < -0.39 is 0 Å². The smallest absolute Gasteiger partial charge is 0.508 e. The number of halogens is 1. The van der Waals surface area contributed by atoms with Gasteiger partial charge in [0.15, 0.2) is 4.98 Å². The van der Waals surface area contributed by atoms with Crippen LogP contribution in [0.2, 0.25) is 0 Å². The maximum atomic E-state index is 8.73. The van der Waals surface area contributed by atoms with Gasteiger partial charge in [0.05, 0.1) is 0 Å². The van der Waals surface area contributed by atoms with Crippen LogP contribution in [0.15, 0.2) is 24.3 Å². The van der Waals surface area contributed by atoms with Crippen molar-refractivity contribution in [1.29, 1.82) is 5.39 Å². The number of aromatic hydroxyl groups is 1. The molecule has 0 saturated heterocycles. The summed E-state index contributed by atoms with van der Waals surface area (Å²) in [6.45, 7) is 0. The Hall–Kier alpha value is -0.647. The number of phenols is 1. The fourth-order valence-electron chi connectivity index (χ4n) is 0.519. The van der Waals surface area contributed by atoms with E-state index in [2.05, 4.69) is 4.98 Å². The van der Waals surface area contributed by atoms with E-state index in [-0.39, 0.29) is 37.6 Å². The molecule has 1 aromatic rings. The third kappa shape index (κ3) is 3.92. The molecule has 5 heteroatoms. The van der Waals surface area contributed by atoms with E-state index in [1.54, 1.807) is 0 Å². The van der Waals surface area contributed by atoms with Crippen molar-refractivity contribution in [3.63, 3.8) is 0 Å². The van der Waals surface area contributed by atoms with E-state index in [0.717, 1.165) is 0 Å². The Balaban J connectivity index is 0. The van der Waals surface area contributed by atoms with Crippen LogP contribution in [0.4, 0.5) is 5.69 Å². The first kappa shape index (κ1) is 13.0. The van der Waals surface area contributed by atoms with E-state index in [9.17, 15) is 0 Å². The number of hydrogen-bond donors (Lipinski definition) is 1. The van der Waals surface area contributed by atoms with Gasteiger partial charge in [-0.25, -0.2) is 0 Å². The summed E-state index contributed by atoms with van der Waals surface area (Å²) >= 11 is 0. The van der Waals surface area contributed by atoms with Crippen LogP contribution < -0.4 is 0 Å². The SMILES string of the molecule is Cl.N#[N+]c1ccc(O)cc1.[Zn+2]. The molecular formula is C6H6ClN2OZn+3. The standard InChI is InChI=1S/C6H4N2O.ClH.Zn/c7-8-5-1-3-6(9)4-2-5;;/h1-4H;1H;/q;;+2/p+1. The Morgan fingerprint density at radius 1 is 1.18 bits per heavy atom. The molecule has 1 rings (SSSR count). The van der Waals surface area contributed by atoms with Crippen molar-refractivity contribution in [2.45, 2.75) is 0 Å². The quantitative estimate of drug-likeness (QED) is 0.541. The van der Waals surface area contributed by atoms with E-state index in [4.69, 9.17) is 10.5 Å². The Bertz CT molecular complexity index is 244. The molecule has 0 aliphatic rings. The first-order chi connectivity index (χ1) is 4.33. The Morgan fingerprint density at radius 3 is 2.00 bits per heavy atom. The van der Waals surface area contributed by atoms with Gasteiger partial charge in [-0.3, -0.25) is 0 Å². The fraction of sp³-hybridized carbons (Fsp3) is 0. The van der Waals surface area contributed by atoms with E-state index >= 15 is 0 Å². The molecular weight excluding hydrogens is 217 g/mol. The Labute approximate surface area is 83.2 Å². The normalized spacial score (nSPS) is 6.82. The second-order valence-corrected chi connectivity index (χ2v) is 1.62. The molecule has 0 aliphatic carbocycles. The van der Waals surface area contributed by atoms with Crippen LogP contribution in [0.5, 0.6) is 5.75 Å². The summed E-state index contributed by atoms with van der Waals surface area (Å²) in [6.07, 6.45) is 0. The van der Waals surface area contributed by atoms with Crippen molar-refractivity contribution in [3.8, 4) is 5.75 Å². The van der Waals surface area contributed by atoms with E-state index in [1.165, 1.54) is 24.3 Å². The monoisotopic (exact) mass is 221 g/mol. The average Bonchev–Trinajstić information content (AvgIpc) is 1.90. The second-order valence-electron chi connectivity index (χ2n) is 1.62. The molecule has 0 bridgehead atoms. The van der Waals surface area contributed by atoms with Gasteiger partial charge in [0, 0.05) is 12.1 Å². The van der Waals surface area contributed by atoms with Crippen molar-refractivity contribution in [2.24, 2.45) is 0 Å². The van der Waals surface area contributed by atoms with Crippen molar-refractivity contribution in [1.82, 2.24) is 0 Å². The maximum Gasteiger partial charge on any atom is 2.00 e. The molecule has 0 unspecified atom stereocenters. The van der Waals surface area contributed by atoms with Gasteiger partial charge in [-0.05, 0) is 12.1 Å². The topological polar surface area (TPSA) is 48.4 Å². The van der Waals surface area contributed by atoms with Crippen LogP contribution in [-0.2, 0) is 19.5 Å². The van der Waals surface area contributed by atoms with Crippen molar-refractivity contribution in [2.75, 3.05) is 0 Å². The molecule has 3 nitrogen and oxygen atoms in total. The number of rotatable bonds is 0. The third-order valence-electron chi connectivity index (χ3n) is 0.965. The average molecular weight is 223 g/mol. The molecule has 0 spiro atoms. The van der Waals surface area contributed by atoms with Gasteiger partial charge < -0.3 is 5.11 Å². The van der Waals surface area contributed by atoms with E-state index in [1.807, 2.05) is 0 Å². The molecule has 0 heterocycles. The van der Waals surface area contributed by atoms with E-state index in [0.29, 0.717) is 5.69 Å². The molecule has 1 aromatic carbocycles. The predicted molar refractivity (Wildman–Crippen MR) is 40.1 cm³/mol. The Kier molecular flexibility index (Phi) is 7.19. The second kappa shape index (κ2) is 6.09. The largest absolute Gasteiger partial charge is 2.00 e. The van der Waals surface area contributed by atoms with Crippen molar-refractivity contribution >= 4 is 18.1 Å². The summed E-state index contributed by atoms with van der Waals surface area (Å²) in [5, 5.41) is 16.9. The maximum absolute atomic E-state index is 8.73. The Morgan fingerprint density at radius 2 is 1.64 bits per heavy atom. The molecule has 1 N–H and O–H groups in total. The summed E-state index contributed by atoms with van der Waals surface area (Å²) in [4.78, 5) is 2.90. The minimum atomic E-state index is 0. The van der Waals surface area contributed by atoms with Crippen LogP contribution in [0.1, 0.15) is 0 Å². The molecule has 0 fully saturated rings. The zero-order valence-corrected chi connectivity index (χ0v) is 9.55. The van der Waals surface area contributed by atoms with Crippen LogP contribution in [0, 0.1) is 5.39 Å². The van der Waals surface area contributed by atoms with Gasteiger partial charge >= 0.3 is 25.2 Å². The molecule has 52 valence electrons. The van der Waals surface area contributed by atoms with Gasteiger partial charge in [0.25, 0.3) is 0 Å². The summed E-state index contributed by atoms with van der Waals surface area (Å²) in [6, 6.07) is 5.93. The van der Waals surface area contributed by atoms with Crippen molar-refractivity contribution in [3.05, 3.63) is 29.2 Å². The molecule has 0 saturated carbocycles. The summed E-state index contributed by atoms with van der Waals surface area (Å²) in [7, 11) is 0. The van der Waals surface area contributed by atoms with Gasteiger partial charge in [-0.15, -0.1) is 12.4 Å². The first-order valence-electron chi connectivity index (χ1n) is 2.47. The number of phenolic OH excluding ortho intramolecular Hbond substituents is 1. The minimum absolute atomic E-state index is 0. The molecule has 0 aromatic heterocycles. The zero-order chi connectivity index (χ0) is 6.69. The van der Waals surface area contributed by atoms with Crippen LogP contribution in [0.3, 0.4) is 0 Å². The zero-order valence-electron chi connectivity index (χ0n) is 5.77. The van der Waals surface area contributed by atoms with Crippen molar-refractivity contribution < 1.29 is 24.6 Å². The summed E-state index contributed by atoms with van der Waals surface area (Å²) in [5.41, 5.74) is 0.438. The molecule has 0 atom stereocenters. The molecule has 0 aliphatic heterocycles. The van der Waals surface area contributed by atoms with Gasteiger partial charge in [0.1, 0.15) is 5.75 Å². The number of diazo groups is 1. The van der Waals surface area contributed by atoms with Gasteiger partial charge in [-0.1, -0.05) is 0 Å². The van der Waals surface area contributed by atoms with Crippen LogP contribution in [-0.4, -0.2) is 5.11 Å². The molecule has 11 heavy (non-hydrogen) atoms. The van der Waals surface area contributed by atoms with Crippen LogP contribution >= 0.6 is 12.4 Å². The first-order valence-corrected chi connectivity index (χ1v) is 2.47.